The molecule has 2 atom stereocenters. The van der Waals surface area contributed by atoms with Gasteiger partial charge in [-0.15, -0.1) is 16.4 Å². The van der Waals surface area contributed by atoms with Gasteiger partial charge >= 0.3 is 5.97 Å². The molecular weight excluding hydrogens is 600 g/mol. The van der Waals surface area contributed by atoms with Crippen molar-refractivity contribution in [2.45, 2.75) is 65.3 Å². The summed E-state index contributed by atoms with van der Waals surface area (Å²) in [6.07, 6.45) is 1.08. The summed E-state index contributed by atoms with van der Waals surface area (Å²) in [7, 11) is 4.09. The molecule has 11 heteroatoms. The fourth-order valence-electron chi connectivity index (χ4n) is 6.41. The lowest BCUT2D eigenvalue weighted by atomic mass is 9.84. The number of pyridine rings is 1. The number of aryl methyl sites for hydroxylation is 1. The Morgan fingerprint density at radius 2 is 2.04 bits per heavy atom. The van der Waals surface area contributed by atoms with E-state index in [2.05, 4.69) is 74.7 Å². The van der Waals surface area contributed by atoms with Crippen molar-refractivity contribution in [3.8, 4) is 5.75 Å². The van der Waals surface area contributed by atoms with Crippen LogP contribution in [-0.4, -0.2) is 75.6 Å². The first-order valence-corrected chi connectivity index (χ1v) is 16.9. The number of hydrogen-bond donors (Lipinski definition) is 1. The second-order valence-electron chi connectivity index (χ2n) is 12.3. The molecule has 0 aliphatic carbocycles. The summed E-state index contributed by atoms with van der Waals surface area (Å²) in [6.45, 7) is 9.95. The van der Waals surface area contributed by atoms with Gasteiger partial charge in [-0.3, -0.25) is 14.5 Å². The summed E-state index contributed by atoms with van der Waals surface area (Å²) in [4.78, 5) is 32.7. The highest BCUT2D eigenvalue weighted by Gasteiger charge is 2.27. The minimum atomic E-state index is -0.232. The van der Waals surface area contributed by atoms with Gasteiger partial charge in [0, 0.05) is 42.9 Å². The third-order valence-corrected chi connectivity index (χ3v) is 9.80. The van der Waals surface area contributed by atoms with Crippen molar-refractivity contribution >= 4 is 38.4 Å². The third-order valence-electron chi connectivity index (χ3n) is 8.79. The summed E-state index contributed by atoms with van der Waals surface area (Å²) >= 11 is 1.72. The molecule has 3 aromatic heterocycles. The molecule has 0 fully saturated rings. The van der Waals surface area contributed by atoms with Gasteiger partial charge in [0.25, 0.3) is 0 Å². The summed E-state index contributed by atoms with van der Waals surface area (Å²) in [5.41, 5.74) is 6.80. The first kappa shape index (κ1) is 31.9. The minimum absolute atomic E-state index is 0.00578. The van der Waals surface area contributed by atoms with Gasteiger partial charge in [-0.05, 0) is 91.6 Å². The monoisotopic (exact) mass is 642 g/mol. The van der Waals surface area contributed by atoms with Crippen LogP contribution < -0.4 is 10.3 Å². The molecule has 46 heavy (non-hydrogen) atoms. The van der Waals surface area contributed by atoms with E-state index in [0.29, 0.717) is 19.7 Å². The van der Waals surface area contributed by atoms with Crippen LogP contribution in [-0.2, 0) is 29.2 Å². The van der Waals surface area contributed by atoms with Crippen LogP contribution in [0.1, 0.15) is 60.6 Å². The molecule has 0 bridgehead atoms. The molecule has 5 aromatic rings. The number of esters is 1. The maximum atomic E-state index is 13.1. The molecule has 4 heterocycles. The lowest BCUT2D eigenvalue weighted by molar-refractivity contribution is -0.143. The first-order chi connectivity index (χ1) is 22.2. The summed E-state index contributed by atoms with van der Waals surface area (Å²) in [5, 5.41) is 12.3. The fourth-order valence-corrected chi connectivity index (χ4v) is 7.30. The number of likely N-dealkylation sites (N-methyl/N-ethyl adjacent to an activating group) is 1. The van der Waals surface area contributed by atoms with Crippen molar-refractivity contribution in [2.24, 2.45) is 0 Å². The standard InChI is InChI=1S/C35H42N6O4S/c1-6-26-20-40(21-29-31(45-26)10-11-32(42)36-29)19-25-17-24(16-23-12-15-46-35(23)25)28(18-33(43)44-7-2)27-8-9-30-34(22(27)3)37-38-41(30)14-13-39(4)5/h8-12,15-17,26,28H,6-7,13-14,18-21H2,1-5H3,(H,36,42)/t26-,28?/m1/s1. The zero-order valence-electron chi connectivity index (χ0n) is 27.2. The molecule has 1 unspecified atom stereocenters. The third kappa shape index (κ3) is 6.72. The number of nitrogens with zero attached hydrogens (tertiary/aromatic N) is 5. The highest BCUT2D eigenvalue weighted by molar-refractivity contribution is 7.17. The number of carbonyl (C=O) groups is 1. The minimum Gasteiger partial charge on any atom is -0.487 e. The molecule has 2 aromatic carbocycles. The fraction of sp³-hybridized carbons (Fsp3) is 0.429. The number of aromatic amines is 1. The number of H-pyrrole nitrogens is 1. The van der Waals surface area contributed by atoms with E-state index in [1.165, 1.54) is 16.3 Å². The highest BCUT2D eigenvalue weighted by atomic mass is 32.1. The van der Waals surface area contributed by atoms with E-state index in [1.807, 2.05) is 25.7 Å². The topological polar surface area (TPSA) is 106 Å². The van der Waals surface area contributed by atoms with Gasteiger partial charge in [-0.1, -0.05) is 24.3 Å². The normalized spacial score (nSPS) is 16.0. The zero-order chi connectivity index (χ0) is 32.4. The zero-order valence-corrected chi connectivity index (χ0v) is 28.0. The number of aromatic nitrogens is 4. The average molecular weight is 643 g/mol. The number of hydrogen-bond acceptors (Lipinski definition) is 9. The number of carbonyl (C=O) groups excluding carboxylic acids is 1. The number of nitrogens with one attached hydrogen (secondary N) is 1. The van der Waals surface area contributed by atoms with Crippen LogP contribution in [0, 0.1) is 6.92 Å². The number of fused-ring (bicyclic) bond motifs is 3. The van der Waals surface area contributed by atoms with E-state index in [4.69, 9.17) is 9.47 Å². The molecule has 1 aliphatic rings. The van der Waals surface area contributed by atoms with E-state index in [1.54, 1.807) is 17.4 Å². The quantitative estimate of drug-likeness (QED) is 0.189. The Hall–Kier alpha value is -4.06. The Balaban J connectivity index is 1.40. The molecule has 0 amide bonds. The van der Waals surface area contributed by atoms with E-state index < -0.39 is 0 Å². The van der Waals surface area contributed by atoms with Crippen LogP contribution in [0.4, 0.5) is 0 Å². The molecule has 1 aliphatic heterocycles. The number of benzene rings is 2. The first-order valence-electron chi connectivity index (χ1n) is 16.0. The summed E-state index contributed by atoms with van der Waals surface area (Å²) in [5.74, 6) is 0.277. The maximum Gasteiger partial charge on any atom is 0.306 e. The van der Waals surface area contributed by atoms with Gasteiger partial charge in [0.05, 0.1) is 30.8 Å². The van der Waals surface area contributed by atoms with Crippen molar-refractivity contribution in [2.75, 3.05) is 33.8 Å². The second kappa shape index (κ2) is 13.7. The Morgan fingerprint density at radius 3 is 2.83 bits per heavy atom. The van der Waals surface area contributed by atoms with Crippen LogP contribution in [0.25, 0.3) is 21.1 Å². The highest BCUT2D eigenvalue weighted by Crippen LogP contribution is 2.38. The lowest BCUT2D eigenvalue weighted by Crippen LogP contribution is -2.32. The van der Waals surface area contributed by atoms with E-state index >= 15 is 0 Å². The van der Waals surface area contributed by atoms with Crippen LogP contribution in [0.2, 0.25) is 0 Å². The van der Waals surface area contributed by atoms with E-state index in [0.717, 1.165) is 70.6 Å². The Labute approximate surface area is 272 Å². The molecule has 242 valence electrons. The summed E-state index contributed by atoms with van der Waals surface area (Å²) in [6, 6.07) is 14.1. The van der Waals surface area contributed by atoms with Gasteiger partial charge in [0.2, 0.25) is 5.56 Å². The predicted molar refractivity (Wildman–Crippen MR) is 182 cm³/mol. The van der Waals surface area contributed by atoms with Crippen LogP contribution in [0.15, 0.2) is 52.6 Å². The van der Waals surface area contributed by atoms with Crippen molar-refractivity contribution in [1.82, 2.24) is 29.8 Å². The molecular formula is C35H42N6O4S. The smallest absolute Gasteiger partial charge is 0.306 e. The molecule has 6 rings (SSSR count). The van der Waals surface area contributed by atoms with Crippen molar-refractivity contribution < 1.29 is 14.3 Å². The summed E-state index contributed by atoms with van der Waals surface area (Å²) < 4.78 is 14.9. The molecule has 1 N–H and O–H groups in total. The van der Waals surface area contributed by atoms with Gasteiger partial charge < -0.3 is 19.4 Å². The molecule has 0 radical (unpaired) electrons. The SMILES string of the molecule is CCOC(=O)CC(c1cc(CN2Cc3[nH]c(=O)ccc3O[C@H](CC)C2)c2sccc2c1)c1ccc2c(nnn2CCN(C)C)c1C. The molecule has 0 spiro atoms. The number of ether oxygens (including phenoxy) is 2. The van der Waals surface area contributed by atoms with Crippen LogP contribution >= 0.6 is 11.3 Å². The average Bonchev–Trinajstić information content (AvgIpc) is 3.63. The molecule has 0 saturated carbocycles. The number of thiophene rings is 1. The Morgan fingerprint density at radius 1 is 1.20 bits per heavy atom. The van der Waals surface area contributed by atoms with Crippen molar-refractivity contribution in [1.29, 1.82) is 0 Å². The van der Waals surface area contributed by atoms with Crippen molar-refractivity contribution in [3.05, 3.63) is 86.1 Å². The maximum absolute atomic E-state index is 13.1. The lowest BCUT2D eigenvalue weighted by Gasteiger charge is -2.25. The Bertz CT molecular complexity index is 1910. The number of rotatable bonds is 11. The van der Waals surface area contributed by atoms with Gasteiger partial charge in [-0.2, -0.15) is 0 Å². The molecule has 10 nitrogen and oxygen atoms in total. The van der Waals surface area contributed by atoms with Crippen LogP contribution in [0.5, 0.6) is 5.75 Å². The Kier molecular flexibility index (Phi) is 9.53. The predicted octanol–water partition coefficient (Wildman–Crippen LogP) is 5.46. The van der Waals surface area contributed by atoms with Crippen LogP contribution in [0.3, 0.4) is 0 Å². The second-order valence-corrected chi connectivity index (χ2v) is 13.2. The van der Waals surface area contributed by atoms with E-state index in [9.17, 15) is 9.59 Å². The van der Waals surface area contributed by atoms with Gasteiger partial charge in [-0.25, -0.2) is 4.68 Å². The van der Waals surface area contributed by atoms with Gasteiger partial charge in [0.1, 0.15) is 17.4 Å². The molecule has 0 saturated heterocycles. The largest absolute Gasteiger partial charge is 0.487 e. The van der Waals surface area contributed by atoms with Gasteiger partial charge in [0.15, 0.2) is 0 Å². The van der Waals surface area contributed by atoms with Crippen molar-refractivity contribution in [3.63, 3.8) is 0 Å². The van der Waals surface area contributed by atoms with E-state index in [-0.39, 0.29) is 30.0 Å².